The van der Waals surface area contributed by atoms with Crippen LogP contribution in [0.15, 0.2) is 24.3 Å². The number of amides is 2. The number of hydrogen-bond acceptors (Lipinski definition) is 4. The molecule has 2 rings (SSSR count). The van der Waals surface area contributed by atoms with Gasteiger partial charge in [-0.25, -0.2) is 0 Å². The molecule has 1 heterocycles. The van der Waals surface area contributed by atoms with E-state index >= 15 is 0 Å². The number of carbonyl (C=O) groups excluding carboxylic acids is 2. The van der Waals surface area contributed by atoms with Crippen LogP contribution >= 0.6 is 0 Å². The van der Waals surface area contributed by atoms with Crippen molar-refractivity contribution in [3.63, 3.8) is 0 Å². The zero-order valence-electron chi connectivity index (χ0n) is 14.0. The normalized spacial score (nSPS) is 17.4. The van der Waals surface area contributed by atoms with E-state index in [-0.39, 0.29) is 24.2 Å². The molecule has 1 atom stereocenters. The van der Waals surface area contributed by atoms with Crippen molar-refractivity contribution in [3.05, 3.63) is 24.3 Å². The Morgan fingerprint density at radius 2 is 2.04 bits per heavy atom. The summed E-state index contributed by atoms with van der Waals surface area (Å²) in [5, 5.41) is 2.90. The van der Waals surface area contributed by atoms with Crippen molar-refractivity contribution in [3.8, 4) is 0 Å². The van der Waals surface area contributed by atoms with Crippen LogP contribution in [0.3, 0.4) is 0 Å². The van der Waals surface area contributed by atoms with Gasteiger partial charge in [0.2, 0.25) is 11.8 Å². The Hall–Kier alpha value is -2.08. The lowest BCUT2D eigenvalue weighted by Crippen LogP contribution is -2.29. The number of nitrogens with one attached hydrogen (secondary N) is 1. The highest BCUT2D eigenvalue weighted by Crippen LogP contribution is 2.21. The molecule has 1 aliphatic heterocycles. The van der Waals surface area contributed by atoms with Crippen molar-refractivity contribution in [1.29, 1.82) is 0 Å². The Morgan fingerprint density at radius 1 is 1.35 bits per heavy atom. The molecule has 0 aromatic heterocycles. The first kappa shape index (κ1) is 17.3. The van der Waals surface area contributed by atoms with Crippen molar-refractivity contribution in [2.45, 2.75) is 12.8 Å². The van der Waals surface area contributed by atoms with Gasteiger partial charge >= 0.3 is 0 Å². The van der Waals surface area contributed by atoms with Gasteiger partial charge in [-0.1, -0.05) is 0 Å². The van der Waals surface area contributed by atoms with Crippen LogP contribution in [0.2, 0.25) is 0 Å². The van der Waals surface area contributed by atoms with E-state index in [4.69, 9.17) is 4.74 Å². The zero-order chi connectivity index (χ0) is 16.8. The lowest BCUT2D eigenvalue weighted by Gasteiger charge is -2.16. The van der Waals surface area contributed by atoms with Gasteiger partial charge in [-0.3, -0.25) is 9.59 Å². The van der Waals surface area contributed by atoms with Crippen LogP contribution in [0.25, 0.3) is 0 Å². The third-order valence-corrected chi connectivity index (χ3v) is 4.01. The Labute approximate surface area is 137 Å². The second-order valence-corrected chi connectivity index (χ2v) is 6.02. The second-order valence-electron chi connectivity index (χ2n) is 6.02. The molecule has 1 aliphatic rings. The van der Waals surface area contributed by atoms with Crippen molar-refractivity contribution in [2.75, 3.05) is 51.1 Å². The number of likely N-dealkylation sites (tertiary alicyclic amines) is 1. The van der Waals surface area contributed by atoms with Gasteiger partial charge < -0.3 is 19.9 Å². The van der Waals surface area contributed by atoms with E-state index in [0.717, 1.165) is 17.8 Å². The van der Waals surface area contributed by atoms with E-state index in [1.165, 1.54) is 0 Å². The maximum atomic E-state index is 12.3. The number of methoxy groups -OCH3 is 1. The van der Waals surface area contributed by atoms with Gasteiger partial charge in [-0.15, -0.1) is 0 Å². The minimum absolute atomic E-state index is 0.0456. The maximum Gasteiger partial charge on any atom is 0.229 e. The molecule has 1 unspecified atom stereocenters. The first-order chi connectivity index (χ1) is 11.0. The molecule has 6 nitrogen and oxygen atoms in total. The molecule has 6 heteroatoms. The number of rotatable bonds is 7. The standard InChI is InChI=1S/C17H25N3O3/c1-19(2)15-7-5-14(6-8-15)18-17(22)13-11-16(21)20(12-13)9-4-10-23-3/h5-8,13H,4,9-12H2,1-3H3,(H,18,22). The maximum absolute atomic E-state index is 12.3. The van der Waals surface area contributed by atoms with Crippen LogP contribution in [0, 0.1) is 5.92 Å². The minimum Gasteiger partial charge on any atom is -0.385 e. The van der Waals surface area contributed by atoms with Gasteiger partial charge in [0.25, 0.3) is 0 Å². The number of hydrogen-bond donors (Lipinski definition) is 1. The Morgan fingerprint density at radius 3 is 2.65 bits per heavy atom. The second kappa shape index (κ2) is 7.97. The molecule has 0 aliphatic carbocycles. The van der Waals surface area contributed by atoms with Gasteiger partial charge in [0.05, 0.1) is 5.92 Å². The van der Waals surface area contributed by atoms with Crippen LogP contribution in [-0.2, 0) is 14.3 Å². The first-order valence-corrected chi connectivity index (χ1v) is 7.86. The molecule has 1 saturated heterocycles. The van der Waals surface area contributed by atoms with Gasteiger partial charge in [0.15, 0.2) is 0 Å². The van der Waals surface area contributed by atoms with Crippen LogP contribution < -0.4 is 10.2 Å². The molecule has 0 saturated carbocycles. The minimum atomic E-state index is -0.279. The smallest absolute Gasteiger partial charge is 0.229 e. The summed E-state index contributed by atoms with van der Waals surface area (Å²) in [7, 11) is 5.58. The Bertz CT molecular complexity index is 543. The van der Waals surface area contributed by atoms with E-state index in [0.29, 0.717) is 19.7 Å². The molecule has 1 aromatic carbocycles. The average molecular weight is 319 g/mol. The summed E-state index contributed by atoms with van der Waals surface area (Å²) in [4.78, 5) is 28.0. The molecule has 0 radical (unpaired) electrons. The monoisotopic (exact) mass is 319 g/mol. The molecule has 2 amide bonds. The van der Waals surface area contributed by atoms with Crippen LogP contribution in [0.1, 0.15) is 12.8 Å². The van der Waals surface area contributed by atoms with Crippen molar-refractivity contribution in [1.82, 2.24) is 4.90 Å². The predicted octanol–water partition coefficient (Wildman–Crippen LogP) is 1.58. The molecule has 1 N–H and O–H groups in total. The van der Waals surface area contributed by atoms with E-state index in [1.54, 1.807) is 12.0 Å². The number of carbonyl (C=O) groups is 2. The van der Waals surface area contributed by atoms with Gasteiger partial charge in [-0.2, -0.15) is 0 Å². The molecule has 23 heavy (non-hydrogen) atoms. The number of anilines is 2. The van der Waals surface area contributed by atoms with Gasteiger partial charge in [0, 0.05) is 58.7 Å². The molecule has 0 spiro atoms. The van der Waals surface area contributed by atoms with Crippen molar-refractivity contribution < 1.29 is 14.3 Å². The highest BCUT2D eigenvalue weighted by molar-refractivity contribution is 5.97. The van der Waals surface area contributed by atoms with Crippen molar-refractivity contribution in [2.24, 2.45) is 5.92 Å². The summed E-state index contributed by atoms with van der Waals surface area (Å²) in [6.07, 6.45) is 1.08. The molecular weight excluding hydrogens is 294 g/mol. The SMILES string of the molecule is COCCCN1CC(C(=O)Nc2ccc(N(C)C)cc2)CC1=O. The fraction of sp³-hybridized carbons (Fsp3) is 0.529. The van der Waals surface area contributed by atoms with Crippen LogP contribution in [0.5, 0.6) is 0 Å². The third-order valence-electron chi connectivity index (χ3n) is 4.01. The summed E-state index contributed by atoms with van der Waals surface area (Å²) in [6, 6.07) is 7.65. The van der Waals surface area contributed by atoms with Crippen LogP contribution in [0.4, 0.5) is 11.4 Å². The topological polar surface area (TPSA) is 61.9 Å². The lowest BCUT2D eigenvalue weighted by molar-refractivity contribution is -0.128. The highest BCUT2D eigenvalue weighted by atomic mass is 16.5. The predicted molar refractivity (Wildman–Crippen MR) is 90.6 cm³/mol. The fourth-order valence-corrected chi connectivity index (χ4v) is 2.65. The quantitative estimate of drug-likeness (QED) is 0.775. The number of ether oxygens (including phenoxy) is 1. The molecular formula is C17H25N3O3. The summed E-state index contributed by atoms with van der Waals surface area (Å²) in [5.41, 5.74) is 1.83. The summed E-state index contributed by atoms with van der Waals surface area (Å²) < 4.78 is 5.00. The molecule has 0 bridgehead atoms. The Balaban J connectivity index is 1.87. The molecule has 1 fully saturated rings. The average Bonchev–Trinajstić information content (AvgIpc) is 2.89. The van der Waals surface area contributed by atoms with E-state index < -0.39 is 0 Å². The zero-order valence-corrected chi connectivity index (χ0v) is 14.0. The fourth-order valence-electron chi connectivity index (χ4n) is 2.65. The van der Waals surface area contributed by atoms with E-state index in [2.05, 4.69) is 5.32 Å². The van der Waals surface area contributed by atoms with E-state index in [9.17, 15) is 9.59 Å². The first-order valence-electron chi connectivity index (χ1n) is 7.86. The Kier molecular flexibility index (Phi) is 5.98. The summed E-state index contributed by atoms with van der Waals surface area (Å²) in [5.74, 6) is -0.326. The molecule has 1 aromatic rings. The summed E-state index contributed by atoms with van der Waals surface area (Å²) in [6.45, 7) is 1.76. The van der Waals surface area contributed by atoms with E-state index in [1.807, 2.05) is 43.3 Å². The van der Waals surface area contributed by atoms with Gasteiger partial charge in [-0.05, 0) is 30.7 Å². The lowest BCUT2D eigenvalue weighted by atomic mass is 10.1. The third kappa shape index (κ3) is 4.69. The van der Waals surface area contributed by atoms with Gasteiger partial charge in [0.1, 0.15) is 0 Å². The highest BCUT2D eigenvalue weighted by Gasteiger charge is 2.33. The largest absolute Gasteiger partial charge is 0.385 e. The van der Waals surface area contributed by atoms with Crippen LogP contribution in [-0.4, -0.2) is 57.6 Å². The number of benzene rings is 1. The summed E-state index contributed by atoms with van der Waals surface area (Å²) >= 11 is 0. The molecule has 126 valence electrons. The number of nitrogens with zero attached hydrogens (tertiary/aromatic N) is 2. The van der Waals surface area contributed by atoms with Crippen molar-refractivity contribution >= 4 is 23.2 Å².